The molecule has 1 aliphatic rings. The molecule has 1 aliphatic carbocycles. The zero-order valence-corrected chi connectivity index (χ0v) is 12.7. The summed E-state index contributed by atoms with van der Waals surface area (Å²) in [6.45, 7) is 8.80. The molecule has 1 fully saturated rings. The van der Waals surface area contributed by atoms with Gasteiger partial charge in [-0.25, -0.2) is 4.98 Å². The standard InChI is InChI=1S/C16H29N3/c1-4-8-19-9-7-18-16(19)15-10-13(12(2)3)5-6-14(15)11-17/h7,9,12-15H,4-6,8,10-11,17H2,1-3H3. The number of imidazole rings is 1. The number of rotatable bonds is 5. The molecule has 1 saturated carbocycles. The van der Waals surface area contributed by atoms with Gasteiger partial charge in [-0.05, 0) is 50.0 Å². The van der Waals surface area contributed by atoms with Gasteiger partial charge in [-0.2, -0.15) is 0 Å². The van der Waals surface area contributed by atoms with Crippen molar-refractivity contribution in [3.8, 4) is 0 Å². The Labute approximate surface area is 117 Å². The molecule has 3 heteroatoms. The Kier molecular flexibility index (Phi) is 5.03. The van der Waals surface area contributed by atoms with E-state index in [4.69, 9.17) is 5.73 Å². The molecular weight excluding hydrogens is 234 g/mol. The number of aromatic nitrogens is 2. The van der Waals surface area contributed by atoms with Crippen molar-refractivity contribution in [2.24, 2.45) is 23.5 Å². The van der Waals surface area contributed by atoms with Crippen LogP contribution in [-0.2, 0) is 6.54 Å². The van der Waals surface area contributed by atoms with Gasteiger partial charge < -0.3 is 10.3 Å². The predicted octanol–water partition coefficient (Wildman–Crippen LogP) is 3.41. The highest BCUT2D eigenvalue weighted by Crippen LogP contribution is 2.42. The summed E-state index contributed by atoms with van der Waals surface area (Å²) >= 11 is 0. The van der Waals surface area contributed by atoms with E-state index < -0.39 is 0 Å². The van der Waals surface area contributed by atoms with Gasteiger partial charge in [0.1, 0.15) is 5.82 Å². The average Bonchev–Trinajstić information content (AvgIpc) is 2.86. The number of aryl methyl sites for hydroxylation is 1. The van der Waals surface area contributed by atoms with Crippen LogP contribution in [0.5, 0.6) is 0 Å². The minimum absolute atomic E-state index is 0.563. The normalized spacial score (nSPS) is 27.9. The average molecular weight is 263 g/mol. The van der Waals surface area contributed by atoms with Crippen molar-refractivity contribution in [1.29, 1.82) is 0 Å². The molecule has 3 atom stereocenters. The molecular formula is C16H29N3. The van der Waals surface area contributed by atoms with Crippen molar-refractivity contribution >= 4 is 0 Å². The van der Waals surface area contributed by atoms with Gasteiger partial charge >= 0.3 is 0 Å². The van der Waals surface area contributed by atoms with E-state index >= 15 is 0 Å². The molecule has 0 bridgehead atoms. The third-order valence-electron chi connectivity index (χ3n) is 4.82. The van der Waals surface area contributed by atoms with E-state index in [0.717, 1.165) is 31.3 Å². The summed E-state index contributed by atoms with van der Waals surface area (Å²) in [6.07, 6.45) is 9.12. The van der Waals surface area contributed by atoms with Crippen molar-refractivity contribution in [2.45, 2.75) is 58.9 Å². The highest BCUT2D eigenvalue weighted by Gasteiger charge is 2.34. The van der Waals surface area contributed by atoms with E-state index in [1.54, 1.807) is 0 Å². The first-order valence-corrected chi connectivity index (χ1v) is 7.88. The molecule has 19 heavy (non-hydrogen) atoms. The summed E-state index contributed by atoms with van der Waals surface area (Å²) in [5.74, 6) is 4.07. The summed E-state index contributed by atoms with van der Waals surface area (Å²) in [6, 6.07) is 0. The van der Waals surface area contributed by atoms with Crippen LogP contribution in [0.2, 0.25) is 0 Å². The van der Waals surface area contributed by atoms with E-state index in [1.165, 1.54) is 25.1 Å². The lowest BCUT2D eigenvalue weighted by atomic mass is 9.70. The highest BCUT2D eigenvalue weighted by atomic mass is 15.1. The molecule has 1 heterocycles. The molecule has 3 unspecified atom stereocenters. The third-order valence-corrected chi connectivity index (χ3v) is 4.82. The number of nitrogens with two attached hydrogens (primary N) is 1. The fourth-order valence-electron chi connectivity index (χ4n) is 3.55. The van der Waals surface area contributed by atoms with Crippen LogP contribution in [0.3, 0.4) is 0 Å². The number of hydrogen-bond donors (Lipinski definition) is 1. The van der Waals surface area contributed by atoms with Gasteiger partial charge in [-0.1, -0.05) is 20.8 Å². The van der Waals surface area contributed by atoms with Gasteiger partial charge in [-0.3, -0.25) is 0 Å². The van der Waals surface area contributed by atoms with Gasteiger partial charge in [0, 0.05) is 24.9 Å². The van der Waals surface area contributed by atoms with E-state index in [1.807, 2.05) is 6.20 Å². The fourth-order valence-corrected chi connectivity index (χ4v) is 3.55. The fraction of sp³-hybridized carbons (Fsp3) is 0.812. The molecule has 0 aliphatic heterocycles. The Balaban J connectivity index is 2.19. The van der Waals surface area contributed by atoms with Crippen molar-refractivity contribution in [3.05, 3.63) is 18.2 Å². The molecule has 0 saturated heterocycles. The first kappa shape index (κ1) is 14.6. The van der Waals surface area contributed by atoms with Crippen LogP contribution in [0.4, 0.5) is 0 Å². The molecule has 108 valence electrons. The Hall–Kier alpha value is -0.830. The summed E-state index contributed by atoms with van der Waals surface area (Å²) in [5, 5.41) is 0. The van der Waals surface area contributed by atoms with Crippen LogP contribution in [0.25, 0.3) is 0 Å². The predicted molar refractivity (Wildman–Crippen MR) is 80.0 cm³/mol. The maximum Gasteiger partial charge on any atom is 0.112 e. The Bertz CT molecular complexity index is 383. The van der Waals surface area contributed by atoms with Crippen LogP contribution in [0.1, 0.15) is 58.2 Å². The van der Waals surface area contributed by atoms with Gasteiger partial charge in [0.25, 0.3) is 0 Å². The Morgan fingerprint density at radius 1 is 1.42 bits per heavy atom. The zero-order chi connectivity index (χ0) is 13.8. The zero-order valence-electron chi connectivity index (χ0n) is 12.7. The van der Waals surface area contributed by atoms with Crippen molar-refractivity contribution in [3.63, 3.8) is 0 Å². The van der Waals surface area contributed by atoms with Crippen LogP contribution < -0.4 is 5.73 Å². The smallest absolute Gasteiger partial charge is 0.112 e. The third kappa shape index (κ3) is 3.19. The maximum atomic E-state index is 6.01. The molecule has 3 nitrogen and oxygen atoms in total. The Morgan fingerprint density at radius 3 is 2.84 bits per heavy atom. The molecule has 0 spiro atoms. The SMILES string of the molecule is CCCn1ccnc1C1CC(C(C)C)CCC1CN. The van der Waals surface area contributed by atoms with Gasteiger partial charge in [0.2, 0.25) is 0 Å². The highest BCUT2D eigenvalue weighted by molar-refractivity contribution is 5.06. The molecule has 1 aromatic heterocycles. The van der Waals surface area contributed by atoms with Crippen molar-refractivity contribution in [2.75, 3.05) is 6.54 Å². The largest absolute Gasteiger partial charge is 0.335 e. The van der Waals surface area contributed by atoms with E-state index in [0.29, 0.717) is 11.8 Å². The minimum atomic E-state index is 0.563. The van der Waals surface area contributed by atoms with Gasteiger partial charge in [0.15, 0.2) is 0 Å². The van der Waals surface area contributed by atoms with E-state index in [2.05, 4.69) is 36.5 Å². The lowest BCUT2D eigenvalue weighted by Gasteiger charge is -2.37. The van der Waals surface area contributed by atoms with E-state index in [9.17, 15) is 0 Å². The molecule has 2 N–H and O–H groups in total. The van der Waals surface area contributed by atoms with Gasteiger partial charge in [-0.15, -0.1) is 0 Å². The second kappa shape index (κ2) is 6.56. The first-order valence-electron chi connectivity index (χ1n) is 7.88. The lowest BCUT2D eigenvalue weighted by Crippen LogP contribution is -2.32. The molecule has 1 aromatic rings. The molecule has 2 rings (SSSR count). The maximum absolute atomic E-state index is 6.01. The molecule has 0 aromatic carbocycles. The van der Waals surface area contributed by atoms with E-state index in [-0.39, 0.29) is 0 Å². The van der Waals surface area contributed by atoms with Crippen molar-refractivity contribution in [1.82, 2.24) is 9.55 Å². The van der Waals surface area contributed by atoms with Gasteiger partial charge in [0.05, 0.1) is 0 Å². The summed E-state index contributed by atoms with van der Waals surface area (Å²) in [7, 11) is 0. The number of nitrogens with zero attached hydrogens (tertiary/aromatic N) is 2. The van der Waals surface area contributed by atoms with Crippen LogP contribution in [-0.4, -0.2) is 16.1 Å². The lowest BCUT2D eigenvalue weighted by molar-refractivity contribution is 0.189. The molecule has 0 radical (unpaired) electrons. The quantitative estimate of drug-likeness (QED) is 0.884. The second-order valence-corrected chi connectivity index (χ2v) is 6.40. The second-order valence-electron chi connectivity index (χ2n) is 6.40. The van der Waals surface area contributed by atoms with Crippen LogP contribution in [0.15, 0.2) is 12.4 Å². The monoisotopic (exact) mass is 263 g/mol. The topological polar surface area (TPSA) is 43.8 Å². The summed E-state index contributed by atoms with van der Waals surface area (Å²) in [4.78, 5) is 4.66. The van der Waals surface area contributed by atoms with Crippen LogP contribution >= 0.6 is 0 Å². The number of hydrogen-bond acceptors (Lipinski definition) is 2. The van der Waals surface area contributed by atoms with Crippen LogP contribution in [0, 0.1) is 17.8 Å². The van der Waals surface area contributed by atoms with Crippen molar-refractivity contribution < 1.29 is 0 Å². The minimum Gasteiger partial charge on any atom is -0.335 e. The Morgan fingerprint density at radius 2 is 2.21 bits per heavy atom. The summed E-state index contributed by atoms with van der Waals surface area (Å²) < 4.78 is 2.34. The first-order chi connectivity index (χ1) is 9.17. The molecule has 0 amide bonds. The summed E-state index contributed by atoms with van der Waals surface area (Å²) in [5.41, 5.74) is 6.01.